The third-order valence-corrected chi connectivity index (χ3v) is 6.75. The number of hydrogen-bond donors (Lipinski definition) is 3. The second-order valence-corrected chi connectivity index (χ2v) is 9.53. The summed E-state index contributed by atoms with van der Waals surface area (Å²) in [7, 11) is 0. The Morgan fingerprint density at radius 3 is 1.08 bits per heavy atom. The summed E-state index contributed by atoms with van der Waals surface area (Å²) in [4.78, 5) is 0. The highest BCUT2D eigenvalue weighted by Crippen LogP contribution is 2.29. The molecule has 0 saturated carbocycles. The summed E-state index contributed by atoms with van der Waals surface area (Å²) in [5, 5.41) is 31.4. The number of phenolic OH excluding ortho intramolecular Hbond substituents is 3. The molecule has 3 nitrogen and oxygen atoms in total. The quantitative estimate of drug-likeness (QED) is 0.218. The van der Waals surface area contributed by atoms with E-state index in [0.29, 0.717) is 42.9 Å². The van der Waals surface area contributed by atoms with Crippen LogP contribution in [0.25, 0.3) is 0 Å². The zero-order valence-electron chi connectivity index (χ0n) is 20.6. The average Bonchev–Trinajstić information content (AvgIpc) is 2.90. The van der Waals surface area contributed by atoms with Crippen molar-refractivity contribution in [3.8, 4) is 17.2 Å². The van der Waals surface area contributed by atoms with Crippen LogP contribution >= 0.6 is 0 Å². The van der Waals surface area contributed by atoms with Crippen LogP contribution in [0.5, 0.6) is 17.2 Å². The van der Waals surface area contributed by atoms with Gasteiger partial charge < -0.3 is 15.3 Å². The van der Waals surface area contributed by atoms with Gasteiger partial charge in [0.2, 0.25) is 0 Å². The molecule has 0 heterocycles. The fraction of sp³-hybridized carbons (Fsp3) is 0.118. The largest absolute Gasteiger partial charge is 0.508 e. The van der Waals surface area contributed by atoms with Crippen molar-refractivity contribution in [2.24, 2.45) is 0 Å². The minimum absolute atomic E-state index is 0.308. The van der Waals surface area contributed by atoms with E-state index in [1.807, 2.05) is 66.7 Å². The minimum atomic E-state index is 0.308. The van der Waals surface area contributed by atoms with Crippen molar-refractivity contribution in [2.75, 3.05) is 0 Å². The van der Waals surface area contributed by atoms with Gasteiger partial charge in [0, 0.05) is 25.7 Å². The van der Waals surface area contributed by atoms with Gasteiger partial charge in [0.05, 0.1) is 0 Å². The molecule has 5 aromatic carbocycles. The van der Waals surface area contributed by atoms with E-state index in [1.165, 1.54) is 0 Å². The third-order valence-electron chi connectivity index (χ3n) is 6.75. The first-order valence-corrected chi connectivity index (χ1v) is 12.5. The average molecular weight is 487 g/mol. The van der Waals surface area contributed by atoms with Gasteiger partial charge in [-0.1, -0.05) is 103 Å². The van der Waals surface area contributed by atoms with Crippen molar-refractivity contribution >= 4 is 0 Å². The first-order valence-electron chi connectivity index (χ1n) is 12.5. The third kappa shape index (κ3) is 6.02. The van der Waals surface area contributed by atoms with Crippen LogP contribution in [0.15, 0.2) is 115 Å². The predicted molar refractivity (Wildman–Crippen MR) is 148 cm³/mol. The molecule has 0 aliphatic heterocycles. The van der Waals surface area contributed by atoms with Crippen LogP contribution in [0.3, 0.4) is 0 Å². The Hall–Kier alpha value is -4.50. The highest BCUT2D eigenvalue weighted by atomic mass is 16.3. The van der Waals surface area contributed by atoms with Gasteiger partial charge in [0.1, 0.15) is 17.2 Å². The van der Waals surface area contributed by atoms with Crippen molar-refractivity contribution in [3.05, 3.63) is 160 Å². The fourth-order valence-electron chi connectivity index (χ4n) is 4.83. The second kappa shape index (κ2) is 11.0. The Bertz CT molecular complexity index is 1410. The van der Waals surface area contributed by atoms with Gasteiger partial charge in [-0.3, -0.25) is 0 Å². The van der Waals surface area contributed by atoms with E-state index in [0.717, 1.165) is 44.5 Å². The normalized spacial score (nSPS) is 10.9. The van der Waals surface area contributed by atoms with Crippen LogP contribution in [-0.2, 0) is 25.7 Å². The van der Waals surface area contributed by atoms with Crippen LogP contribution in [0, 0.1) is 0 Å². The summed E-state index contributed by atoms with van der Waals surface area (Å²) in [6, 6.07) is 37.4. The van der Waals surface area contributed by atoms with E-state index < -0.39 is 0 Å². The Kier molecular flexibility index (Phi) is 7.23. The number of aromatic hydroxyl groups is 3. The number of phenols is 3. The summed E-state index contributed by atoms with van der Waals surface area (Å²) < 4.78 is 0. The predicted octanol–water partition coefficient (Wildman–Crippen LogP) is 7.17. The monoisotopic (exact) mass is 486 g/mol. The lowest BCUT2D eigenvalue weighted by Gasteiger charge is -2.12. The van der Waals surface area contributed by atoms with Gasteiger partial charge in [-0.15, -0.1) is 0 Å². The lowest BCUT2D eigenvalue weighted by Crippen LogP contribution is -1.97. The second-order valence-electron chi connectivity index (χ2n) is 9.53. The van der Waals surface area contributed by atoms with E-state index in [9.17, 15) is 15.3 Å². The Labute approximate surface area is 218 Å². The van der Waals surface area contributed by atoms with Crippen LogP contribution < -0.4 is 0 Å². The number of rotatable bonds is 8. The number of hydrogen-bond acceptors (Lipinski definition) is 3. The molecule has 0 spiro atoms. The van der Waals surface area contributed by atoms with Gasteiger partial charge in [-0.25, -0.2) is 0 Å². The van der Waals surface area contributed by atoms with Crippen LogP contribution in [0.1, 0.15) is 44.5 Å². The van der Waals surface area contributed by atoms with Gasteiger partial charge in [0.25, 0.3) is 0 Å². The van der Waals surface area contributed by atoms with E-state index in [4.69, 9.17) is 0 Å². The van der Waals surface area contributed by atoms with E-state index in [2.05, 4.69) is 36.4 Å². The van der Waals surface area contributed by atoms with Crippen LogP contribution in [0.4, 0.5) is 0 Å². The summed E-state index contributed by atoms with van der Waals surface area (Å²) >= 11 is 0. The molecule has 0 aliphatic carbocycles. The summed E-state index contributed by atoms with van der Waals surface area (Å²) in [5.74, 6) is 0.950. The molecule has 3 N–H and O–H groups in total. The number of para-hydroxylation sites is 3. The molecular weight excluding hydrogens is 456 g/mol. The smallest absolute Gasteiger partial charge is 0.122 e. The van der Waals surface area contributed by atoms with Crippen molar-refractivity contribution in [1.82, 2.24) is 0 Å². The number of benzene rings is 5. The van der Waals surface area contributed by atoms with Crippen molar-refractivity contribution in [1.29, 1.82) is 0 Å². The molecule has 0 saturated heterocycles. The fourth-order valence-corrected chi connectivity index (χ4v) is 4.83. The lowest BCUT2D eigenvalue weighted by atomic mass is 9.95. The molecule has 5 aromatic rings. The topological polar surface area (TPSA) is 60.7 Å². The van der Waals surface area contributed by atoms with E-state index in [1.54, 1.807) is 12.1 Å². The highest BCUT2D eigenvalue weighted by molar-refractivity contribution is 5.47. The summed E-state index contributed by atoms with van der Waals surface area (Å²) in [5.41, 5.74) is 8.05. The first-order chi connectivity index (χ1) is 18.0. The standard InChI is InChI=1S/C34H30O3/c35-32-16-3-1-12-28(32)20-24-8-5-10-26(18-24)22-30-14-7-15-31(34(30)37)23-27-11-6-9-25(19-27)21-29-13-2-4-17-33(29)36/h1-19,35-37H,20-23H2. The molecule has 0 unspecified atom stereocenters. The van der Waals surface area contributed by atoms with Gasteiger partial charge in [0.15, 0.2) is 0 Å². The molecule has 3 heteroatoms. The van der Waals surface area contributed by atoms with Crippen molar-refractivity contribution in [3.63, 3.8) is 0 Å². The van der Waals surface area contributed by atoms with Gasteiger partial charge >= 0.3 is 0 Å². The van der Waals surface area contributed by atoms with E-state index >= 15 is 0 Å². The molecule has 0 fully saturated rings. The SMILES string of the molecule is Oc1ccccc1Cc1cccc(Cc2cccc(Cc3cccc(Cc4ccccc4O)c3)c2O)c1. The van der Waals surface area contributed by atoms with Gasteiger partial charge in [-0.05, 0) is 56.6 Å². The van der Waals surface area contributed by atoms with Crippen molar-refractivity contribution in [2.45, 2.75) is 25.7 Å². The lowest BCUT2D eigenvalue weighted by molar-refractivity contribution is 0.463. The molecule has 184 valence electrons. The molecule has 0 aliphatic rings. The maximum atomic E-state index is 11.1. The molecule has 0 aromatic heterocycles. The Balaban J connectivity index is 1.31. The first kappa shape index (κ1) is 24.2. The Morgan fingerprint density at radius 1 is 0.351 bits per heavy atom. The van der Waals surface area contributed by atoms with E-state index in [-0.39, 0.29) is 0 Å². The molecule has 0 bridgehead atoms. The molecule has 0 radical (unpaired) electrons. The summed E-state index contributed by atoms with van der Waals surface area (Å²) in [6.45, 7) is 0. The molecular formula is C34H30O3. The summed E-state index contributed by atoms with van der Waals surface area (Å²) in [6.07, 6.45) is 2.57. The maximum absolute atomic E-state index is 11.1. The Morgan fingerprint density at radius 2 is 0.676 bits per heavy atom. The van der Waals surface area contributed by atoms with Crippen molar-refractivity contribution < 1.29 is 15.3 Å². The molecule has 37 heavy (non-hydrogen) atoms. The highest BCUT2D eigenvalue weighted by Gasteiger charge is 2.11. The zero-order valence-corrected chi connectivity index (χ0v) is 20.6. The molecule has 5 rings (SSSR count). The molecule has 0 amide bonds. The zero-order chi connectivity index (χ0) is 25.6. The molecule has 0 atom stereocenters. The van der Waals surface area contributed by atoms with Crippen LogP contribution in [-0.4, -0.2) is 15.3 Å². The van der Waals surface area contributed by atoms with Gasteiger partial charge in [-0.2, -0.15) is 0 Å². The minimum Gasteiger partial charge on any atom is -0.508 e. The maximum Gasteiger partial charge on any atom is 0.122 e. The van der Waals surface area contributed by atoms with Crippen LogP contribution in [0.2, 0.25) is 0 Å².